The number of allylic oxidation sites excluding steroid dienone is 1. The van der Waals surface area contributed by atoms with Crippen molar-refractivity contribution in [3.63, 3.8) is 0 Å². The van der Waals surface area contributed by atoms with Crippen LogP contribution in [-0.2, 0) is 14.3 Å². The van der Waals surface area contributed by atoms with Gasteiger partial charge in [0.25, 0.3) is 0 Å². The highest BCUT2D eigenvalue weighted by molar-refractivity contribution is 6.00. The van der Waals surface area contributed by atoms with Gasteiger partial charge in [0.05, 0.1) is 17.8 Å². The van der Waals surface area contributed by atoms with E-state index in [0.717, 1.165) is 25.0 Å². The average Bonchev–Trinajstić information content (AvgIpc) is 3.09. The quantitative estimate of drug-likeness (QED) is 0.422. The van der Waals surface area contributed by atoms with E-state index in [9.17, 15) is 29.7 Å². The van der Waals surface area contributed by atoms with Crippen LogP contribution in [0, 0.1) is 22.7 Å². The first-order valence-corrected chi connectivity index (χ1v) is 11.1. The van der Waals surface area contributed by atoms with Gasteiger partial charge in [-0.1, -0.05) is 13.0 Å². The monoisotopic (exact) mass is 457 g/mol. The van der Waals surface area contributed by atoms with E-state index in [0.29, 0.717) is 0 Å². The third kappa shape index (κ3) is 2.75. The lowest BCUT2D eigenvalue weighted by atomic mass is 9.50. The second-order valence-electron chi connectivity index (χ2n) is 10.3. The minimum atomic E-state index is -1.40. The number of amides is 1. The Balaban J connectivity index is 1.38. The minimum absolute atomic E-state index is 0.109. The number of carbonyl (C=O) groups is 3. The first-order valence-electron chi connectivity index (χ1n) is 11.1. The van der Waals surface area contributed by atoms with E-state index >= 15 is 0 Å². The summed E-state index contributed by atoms with van der Waals surface area (Å²) >= 11 is 0. The number of benzene rings is 1. The number of aromatic hydroxyl groups is 2. The van der Waals surface area contributed by atoms with E-state index in [1.54, 1.807) is 0 Å². The Morgan fingerprint density at radius 2 is 1.97 bits per heavy atom. The van der Waals surface area contributed by atoms with Crippen LogP contribution in [0.15, 0.2) is 24.3 Å². The number of aromatic carboxylic acids is 1. The number of hydrogen-bond donors (Lipinski definition) is 5. The van der Waals surface area contributed by atoms with Crippen LogP contribution in [0.25, 0.3) is 0 Å². The van der Waals surface area contributed by atoms with Crippen LogP contribution >= 0.6 is 0 Å². The summed E-state index contributed by atoms with van der Waals surface area (Å²) in [5.74, 6) is -3.37. The lowest BCUT2D eigenvalue weighted by Gasteiger charge is -2.57. The first-order chi connectivity index (χ1) is 15.4. The molecule has 1 spiro atoms. The predicted molar refractivity (Wildman–Crippen MR) is 115 cm³/mol. The van der Waals surface area contributed by atoms with Crippen LogP contribution in [0.4, 0.5) is 5.69 Å². The molecule has 0 aromatic heterocycles. The standard InChI is InChI=1S/C24H27NO8/c1-22(7-6-16(28)25-17-13(26)4-3-12(18(17)29)20(30)31)15(27)5-8-24-10-11-9-14(19(22)24)33-23(11,2)21(24)32/h3-5,8,11,14,19,21,26,29,32H,6-7,9-10H2,1-2H3,(H,25,28)(H,30,31)/t11-,14+,19+,21?,22-,23-,24-/m1/s1. The van der Waals surface area contributed by atoms with Gasteiger partial charge < -0.3 is 30.5 Å². The number of phenolic OH excluding ortho intramolecular Hbond substituents is 1. The van der Waals surface area contributed by atoms with Crippen molar-refractivity contribution in [3.05, 3.63) is 29.8 Å². The van der Waals surface area contributed by atoms with Gasteiger partial charge in [0.2, 0.25) is 5.91 Å². The van der Waals surface area contributed by atoms with Gasteiger partial charge in [0.1, 0.15) is 17.0 Å². The number of carbonyl (C=O) groups excluding carboxylic acids is 2. The van der Waals surface area contributed by atoms with Gasteiger partial charge in [0.15, 0.2) is 11.5 Å². The number of ether oxygens (including phenoxy) is 1. The van der Waals surface area contributed by atoms with Crippen LogP contribution in [0.5, 0.6) is 11.5 Å². The first kappa shape index (κ1) is 21.9. The molecule has 176 valence electrons. The topological polar surface area (TPSA) is 153 Å². The Hall–Kier alpha value is -2.91. The molecule has 4 fully saturated rings. The van der Waals surface area contributed by atoms with Gasteiger partial charge in [-0.25, -0.2) is 4.79 Å². The van der Waals surface area contributed by atoms with Crippen LogP contribution < -0.4 is 5.32 Å². The van der Waals surface area contributed by atoms with Crippen LogP contribution in [0.2, 0.25) is 0 Å². The van der Waals surface area contributed by atoms with Gasteiger partial charge in [-0.15, -0.1) is 0 Å². The molecule has 2 saturated heterocycles. The molecule has 1 unspecified atom stereocenters. The van der Waals surface area contributed by atoms with Crippen molar-refractivity contribution in [3.8, 4) is 11.5 Å². The summed E-state index contributed by atoms with van der Waals surface area (Å²) in [6.45, 7) is 3.75. The lowest BCUT2D eigenvalue weighted by molar-refractivity contribution is -0.219. The number of aliphatic hydroxyl groups excluding tert-OH is 1. The van der Waals surface area contributed by atoms with Crippen molar-refractivity contribution in [2.75, 3.05) is 5.32 Å². The summed E-state index contributed by atoms with van der Waals surface area (Å²) in [6, 6.07) is 2.11. The highest BCUT2D eigenvalue weighted by atomic mass is 16.5. The van der Waals surface area contributed by atoms with E-state index in [1.165, 1.54) is 6.08 Å². The summed E-state index contributed by atoms with van der Waals surface area (Å²) in [6.07, 6.45) is 4.04. The molecule has 9 heteroatoms. The van der Waals surface area contributed by atoms with Crippen molar-refractivity contribution >= 4 is 23.3 Å². The molecule has 2 heterocycles. The maximum atomic E-state index is 13.1. The Kier molecular flexibility index (Phi) is 4.52. The molecule has 3 aliphatic carbocycles. The number of carboxylic acids is 1. The van der Waals surface area contributed by atoms with E-state index in [2.05, 4.69) is 5.32 Å². The fourth-order valence-electron chi connectivity index (χ4n) is 7.05. The SMILES string of the molecule is C[C@@]12O[C@H]3C[C@@H]1C[C@@]1(C=CC(=O)[C@@](C)(CCC(=O)Nc4c(O)ccc(C(=O)O)c4O)[C@H]31)C2O. The highest BCUT2D eigenvalue weighted by Crippen LogP contribution is 2.71. The third-order valence-corrected chi connectivity index (χ3v) is 8.65. The Labute approximate surface area is 190 Å². The maximum absolute atomic E-state index is 13.1. The normalized spacial score (nSPS) is 40.2. The molecule has 4 bridgehead atoms. The fraction of sp³-hybridized carbons (Fsp3) is 0.542. The average molecular weight is 457 g/mol. The molecule has 0 radical (unpaired) electrons. The number of anilines is 1. The summed E-state index contributed by atoms with van der Waals surface area (Å²) in [4.78, 5) is 37.0. The molecular formula is C24H27NO8. The Morgan fingerprint density at radius 1 is 1.24 bits per heavy atom. The molecule has 1 aromatic carbocycles. The summed E-state index contributed by atoms with van der Waals surface area (Å²) in [5.41, 5.74) is -2.97. The number of aliphatic hydroxyl groups is 1. The van der Waals surface area contributed by atoms with Gasteiger partial charge >= 0.3 is 5.97 Å². The van der Waals surface area contributed by atoms with Gasteiger partial charge in [-0.05, 0) is 50.3 Å². The Bertz CT molecular complexity index is 1110. The molecule has 2 saturated carbocycles. The van der Waals surface area contributed by atoms with Crippen molar-refractivity contribution in [1.82, 2.24) is 0 Å². The largest absolute Gasteiger partial charge is 0.506 e. The smallest absolute Gasteiger partial charge is 0.339 e. The zero-order chi connectivity index (χ0) is 23.9. The zero-order valence-electron chi connectivity index (χ0n) is 18.4. The number of phenols is 2. The van der Waals surface area contributed by atoms with Crippen LogP contribution in [0.1, 0.15) is 49.9 Å². The fourth-order valence-corrected chi connectivity index (χ4v) is 7.05. The highest BCUT2D eigenvalue weighted by Gasteiger charge is 2.76. The molecule has 33 heavy (non-hydrogen) atoms. The Morgan fingerprint density at radius 3 is 2.64 bits per heavy atom. The summed E-state index contributed by atoms with van der Waals surface area (Å²) in [7, 11) is 0. The maximum Gasteiger partial charge on any atom is 0.339 e. The zero-order valence-corrected chi connectivity index (χ0v) is 18.4. The third-order valence-electron chi connectivity index (χ3n) is 8.65. The molecule has 7 atom stereocenters. The molecule has 2 aliphatic heterocycles. The van der Waals surface area contributed by atoms with Crippen molar-refractivity contribution in [1.29, 1.82) is 0 Å². The molecule has 5 N–H and O–H groups in total. The number of nitrogens with one attached hydrogen (secondary N) is 1. The molecule has 5 aliphatic rings. The van der Waals surface area contributed by atoms with Crippen LogP contribution in [0.3, 0.4) is 0 Å². The van der Waals surface area contributed by atoms with E-state index < -0.39 is 51.5 Å². The van der Waals surface area contributed by atoms with E-state index in [4.69, 9.17) is 9.84 Å². The second kappa shape index (κ2) is 6.80. The van der Waals surface area contributed by atoms with Crippen molar-refractivity contribution < 1.29 is 39.5 Å². The number of hydrogen-bond acceptors (Lipinski definition) is 7. The number of rotatable bonds is 5. The molecule has 1 amide bonds. The molecular weight excluding hydrogens is 430 g/mol. The molecule has 6 rings (SSSR count). The number of ketones is 1. The van der Waals surface area contributed by atoms with Crippen LogP contribution in [-0.4, -0.2) is 55.9 Å². The van der Waals surface area contributed by atoms with Crippen molar-refractivity contribution in [2.45, 2.75) is 57.3 Å². The lowest BCUT2D eigenvalue weighted by Crippen LogP contribution is -2.62. The molecule has 9 nitrogen and oxygen atoms in total. The predicted octanol–water partition coefficient (Wildman–Crippen LogP) is 2.20. The summed E-state index contributed by atoms with van der Waals surface area (Å²) < 4.78 is 6.27. The van der Waals surface area contributed by atoms with Crippen molar-refractivity contribution in [2.24, 2.45) is 22.7 Å². The summed E-state index contributed by atoms with van der Waals surface area (Å²) in [5, 5.41) is 42.9. The van der Waals surface area contributed by atoms with Gasteiger partial charge in [0, 0.05) is 23.2 Å². The molecule has 1 aromatic rings. The van der Waals surface area contributed by atoms with Gasteiger partial charge in [-0.2, -0.15) is 0 Å². The van der Waals surface area contributed by atoms with E-state index in [-0.39, 0.29) is 42.3 Å². The minimum Gasteiger partial charge on any atom is -0.506 e. The van der Waals surface area contributed by atoms with Gasteiger partial charge in [-0.3, -0.25) is 9.59 Å². The number of carboxylic acid groups (broad SMARTS) is 1. The van der Waals surface area contributed by atoms with E-state index in [1.807, 2.05) is 19.9 Å². The second-order valence-corrected chi connectivity index (χ2v) is 10.3.